The molecule has 3 aliphatic rings. The van der Waals surface area contributed by atoms with Crippen molar-refractivity contribution in [3.63, 3.8) is 0 Å². The van der Waals surface area contributed by atoms with Crippen LogP contribution in [0.15, 0.2) is 36.4 Å². The zero-order valence-electron chi connectivity index (χ0n) is 18.7. The van der Waals surface area contributed by atoms with Crippen LogP contribution in [-0.4, -0.2) is 30.4 Å². The molecule has 0 atom stereocenters. The van der Waals surface area contributed by atoms with Crippen LogP contribution in [-0.2, 0) is 16.8 Å². The maximum absolute atomic E-state index is 13.2. The first-order chi connectivity index (χ1) is 14.4. The highest BCUT2D eigenvalue weighted by atomic mass is 16.2. The Labute approximate surface area is 181 Å². The molecule has 5 rings (SSSR count). The van der Waals surface area contributed by atoms with Crippen LogP contribution in [0.1, 0.15) is 59.9 Å². The number of piperidine rings is 1. The molecule has 2 fully saturated rings. The molecule has 2 aromatic carbocycles. The molecule has 2 aromatic rings. The van der Waals surface area contributed by atoms with Gasteiger partial charge in [0, 0.05) is 30.1 Å². The van der Waals surface area contributed by atoms with Gasteiger partial charge in [0.25, 0.3) is 0 Å². The molecule has 2 heterocycles. The second-order valence-electron chi connectivity index (χ2n) is 10.1. The lowest BCUT2D eigenvalue weighted by molar-refractivity contribution is -0.124. The van der Waals surface area contributed by atoms with E-state index in [1.54, 1.807) is 0 Å². The molecule has 1 saturated carbocycles. The Hall–Kier alpha value is -2.13. The van der Waals surface area contributed by atoms with Gasteiger partial charge in [-0.3, -0.25) is 9.69 Å². The van der Waals surface area contributed by atoms with Crippen LogP contribution in [0.25, 0.3) is 0 Å². The number of likely N-dealkylation sites (tertiary alicyclic amines) is 1. The number of anilines is 1. The molecule has 1 saturated heterocycles. The van der Waals surface area contributed by atoms with Gasteiger partial charge in [0.1, 0.15) is 0 Å². The van der Waals surface area contributed by atoms with Gasteiger partial charge >= 0.3 is 0 Å². The van der Waals surface area contributed by atoms with Gasteiger partial charge in [-0.2, -0.15) is 0 Å². The molecule has 1 amide bonds. The average molecular weight is 403 g/mol. The van der Waals surface area contributed by atoms with Gasteiger partial charge in [0.15, 0.2) is 0 Å². The third-order valence-electron chi connectivity index (χ3n) is 7.70. The van der Waals surface area contributed by atoms with Crippen molar-refractivity contribution in [2.45, 2.75) is 64.8 Å². The Morgan fingerprint density at radius 2 is 1.67 bits per heavy atom. The van der Waals surface area contributed by atoms with Crippen LogP contribution in [0.5, 0.6) is 0 Å². The first kappa shape index (κ1) is 19.8. The maximum Gasteiger partial charge on any atom is 0.230 e. The minimum atomic E-state index is 0.139. The summed E-state index contributed by atoms with van der Waals surface area (Å²) >= 11 is 0. The molecule has 0 N–H and O–H groups in total. The van der Waals surface area contributed by atoms with Crippen molar-refractivity contribution in [3.05, 3.63) is 64.2 Å². The second-order valence-corrected chi connectivity index (χ2v) is 10.1. The predicted molar refractivity (Wildman–Crippen MR) is 123 cm³/mol. The summed E-state index contributed by atoms with van der Waals surface area (Å²) in [4.78, 5) is 17.9. The van der Waals surface area contributed by atoms with Crippen molar-refractivity contribution in [1.29, 1.82) is 0 Å². The lowest BCUT2D eigenvalue weighted by Crippen LogP contribution is -2.47. The molecular weight excluding hydrogens is 368 g/mol. The Kier molecular flexibility index (Phi) is 4.97. The molecule has 30 heavy (non-hydrogen) atoms. The van der Waals surface area contributed by atoms with Crippen molar-refractivity contribution in [2.75, 3.05) is 24.5 Å². The van der Waals surface area contributed by atoms with E-state index in [0.717, 1.165) is 51.9 Å². The zero-order chi connectivity index (χ0) is 20.9. The zero-order valence-corrected chi connectivity index (χ0v) is 18.7. The second kappa shape index (κ2) is 7.53. The first-order valence-corrected chi connectivity index (χ1v) is 11.7. The summed E-state index contributed by atoms with van der Waals surface area (Å²) in [5.74, 6) is 0.639. The number of hydrogen-bond acceptors (Lipinski definition) is 2. The van der Waals surface area contributed by atoms with E-state index in [0.29, 0.717) is 5.91 Å². The third kappa shape index (κ3) is 3.47. The lowest BCUT2D eigenvalue weighted by Gasteiger charge is -2.40. The van der Waals surface area contributed by atoms with Crippen LogP contribution >= 0.6 is 0 Å². The van der Waals surface area contributed by atoms with Gasteiger partial charge in [-0.15, -0.1) is 0 Å². The van der Waals surface area contributed by atoms with Crippen LogP contribution in [0.3, 0.4) is 0 Å². The monoisotopic (exact) mass is 402 g/mol. The SMILES string of the molecule is Cc1cc(C)cc(CN2CCC3(CC2)CN(C(=O)C2CCC2)c2ccc(C)cc23)c1. The molecule has 2 aliphatic heterocycles. The van der Waals surface area contributed by atoms with E-state index in [-0.39, 0.29) is 11.3 Å². The van der Waals surface area contributed by atoms with Gasteiger partial charge in [0.2, 0.25) is 5.91 Å². The van der Waals surface area contributed by atoms with Gasteiger partial charge in [-0.05, 0) is 76.7 Å². The fourth-order valence-corrected chi connectivity index (χ4v) is 5.84. The van der Waals surface area contributed by atoms with Crippen molar-refractivity contribution in [3.8, 4) is 0 Å². The number of fused-ring (bicyclic) bond motifs is 2. The summed E-state index contributed by atoms with van der Waals surface area (Å²) in [5.41, 5.74) is 8.20. The molecule has 0 bridgehead atoms. The number of hydrogen-bond donors (Lipinski definition) is 0. The van der Waals surface area contributed by atoms with E-state index in [4.69, 9.17) is 0 Å². The molecular formula is C27H34N2O. The highest BCUT2D eigenvalue weighted by Crippen LogP contribution is 2.48. The first-order valence-electron chi connectivity index (χ1n) is 11.7. The standard InChI is InChI=1S/C27H34N2O/c1-19-7-8-25-24(16-19)27(18-29(25)26(30)23-5-4-6-23)9-11-28(12-10-27)17-22-14-20(2)13-21(3)15-22/h7-8,13-16,23H,4-6,9-12,17-18H2,1-3H3. The number of benzene rings is 2. The van der Waals surface area contributed by atoms with E-state index in [1.165, 1.54) is 39.9 Å². The lowest BCUT2D eigenvalue weighted by atomic mass is 9.74. The number of amides is 1. The normalized spacial score (nSPS) is 21.0. The highest BCUT2D eigenvalue weighted by Gasteiger charge is 2.47. The van der Waals surface area contributed by atoms with E-state index < -0.39 is 0 Å². The van der Waals surface area contributed by atoms with Crippen LogP contribution < -0.4 is 4.90 Å². The van der Waals surface area contributed by atoms with Gasteiger partial charge in [-0.25, -0.2) is 0 Å². The van der Waals surface area contributed by atoms with Gasteiger partial charge < -0.3 is 4.90 Å². The summed E-state index contributed by atoms with van der Waals surface area (Å²) in [6, 6.07) is 13.6. The largest absolute Gasteiger partial charge is 0.311 e. The smallest absolute Gasteiger partial charge is 0.230 e. The number of aryl methyl sites for hydroxylation is 3. The number of rotatable bonds is 3. The number of nitrogens with zero attached hydrogens (tertiary/aromatic N) is 2. The Morgan fingerprint density at radius 1 is 0.967 bits per heavy atom. The molecule has 0 aromatic heterocycles. The number of carbonyl (C=O) groups is 1. The predicted octanol–water partition coefficient (Wildman–Crippen LogP) is 5.29. The molecule has 158 valence electrons. The average Bonchev–Trinajstić information content (AvgIpc) is 2.95. The summed E-state index contributed by atoms with van der Waals surface area (Å²) < 4.78 is 0. The quantitative estimate of drug-likeness (QED) is 0.696. The van der Waals surface area contributed by atoms with E-state index in [2.05, 4.69) is 67.0 Å². The van der Waals surface area contributed by atoms with Gasteiger partial charge in [0.05, 0.1) is 0 Å². The molecule has 0 unspecified atom stereocenters. The molecule has 3 heteroatoms. The third-order valence-corrected chi connectivity index (χ3v) is 7.70. The minimum absolute atomic E-state index is 0.139. The Balaban J connectivity index is 1.35. The molecule has 0 radical (unpaired) electrons. The fraction of sp³-hybridized carbons (Fsp3) is 0.519. The fourth-order valence-electron chi connectivity index (χ4n) is 5.84. The van der Waals surface area contributed by atoms with Crippen molar-refractivity contribution < 1.29 is 4.79 Å². The summed E-state index contributed by atoms with van der Waals surface area (Å²) in [5, 5.41) is 0. The Bertz CT molecular complexity index is 947. The topological polar surface area (TPSA) is 23.6 Å². The van der Waals surface area contributed by atoms with Gasteiger partial charge in [-0.1, -0.05) is 53.4 Å². The Morgan fingerprint density at radius 3 is 2.30 bits per heavy atom. The highest BCUT2D eigenvalue weighted by molar-refractivity contribution is 5.98. The van der Waals surface area contributed by atoms with Crippen molar-refractivity contribution >= 4 is 11.6 Å². The minimum Gasteiger partial charge on any atom is -0.311 e. The summed E-state index contributed by atoms with van der Waals surface area (Å²) in [6.07, 6.45) is 5.65. The number of carbonyl (C=O) groups excluding carboxylic acids is 1. The summed E-state index contributed by atoms with van der Waals surface area (Å²) in [7, 11) is 0. The van der Waals surface area contributed by atoms with Crippen LogP contribution in [0.2, 0.25) is 0 Å². The summed E-state index contributed by atoms with van der Waals surface area (Å²) in [6.45, 7) is 10.7. The molecule has 1 spiro atoms. The van der Waals surface area contributed by atoms with Crippen LogP contribution in [0.4, 0.5) is 5.69 Å². The van der Waals surface area contributed by atoms with Crippen molar-refractivity contribution in [1.82, 2.24) is 4.90 Å². The molecule has 1 aliphatic carbocycles. The van der Waals surface area contributed by atoms with E-state index in [1.807, 2.05) is 0 Å². The van der Waals surface area contributed by atoms with Crippen LogP contribution in [0, 0.1) is 26.7 Å². The van der Waals surface area contributed by atoms with E-state index in [9.17, 15) is 4.79 Å². The van der Waals surface area contributed by atoms with E-state index >= 15 is 0 Å². The maximum atomic E-state index is 13.2. The van der Waals surface area contributed by atoms with Crippen molar-refractivity contribution in [2.24, 2.45) is 5.92 Å². The molecule has 3 nitrogen and oxygen atoms in total.